The van der Waals surface area contributed by atoms with Gasteiger partial charge < -0.3 is 10.2 Å². The van der Waals surface area contributed by atoms with Crippen LogP contribution >= 0.6 is 0 Å². The van der Waals surface area contributed by atoms with Crippen LogP contribution in [0.25, 0.3) is 0 Å². The van der Waals surface area contributed by atoms with E-state index in [0.29, 0.717) is 12.8 Å². The number of benzene rings is 2. The lowest BCUT2D eigenvalue weighted by Crippen LogP contribution is -2.38. The number of hydrogen-bond donors (Lipinski definition) is 1. The van der Waals surface area contributed by atoms with E-state index in [1.807, 2.05) is 60.7 Å². The molecule has 0 heterocycles. The maximum Gasteiger partial charge on any atom is 0.246 e. The van der Waals surface area contributed by atoms with Crippen molar-refractivity contribution in [2.75, 3.05) is 18.5 Å². The minimum atomic E-state index is -0.140. The van der Waals surface area contributed by atoms with Crippen LogP contribution in [0.4, 0.5) is 5.69 Å². The summed E-state index contributed by atoms with van der Waals surface area (Å²) >= 11 is 0. The van der Waals surface area contributed by atoms with Crippen LogP contribution in [0.15, 0.2) is 60.7 Å². The van der Waals surface area contributed by atoms with Gasteiger partial charge >= 0.3 is 0 Å². The summed E-state index contributed by atoms with van der Waals surface area (Å²) in [6.07, 6.45) is 1.06. The Morgan fingerprint density at radius 2 is 1.55 bits per heavy atom. The van der Waals surface area contributed by atoms with Gasteiger partial charge in [0.05, 0.1) is 6.54 Å². The zero-order valence-corrected chi connectivity index (χ0v) is 12.7. The van der Waals surface area contributed by atoms with Gasteiger partial charge in [0.2, 0.25) is 11.8 Å². The lowest BCUT2D eigenvalue weighted by molar-refractivity contribution is -0.124. The lowest BCUT2D eigenvalue weighted by atomic mass is 10.1. The minimum absolute atomic E-state index is 0.0129. The zero-order valence-electron chi connectivity index (χ0n) is 12.7. The molecule has 2 aromatic rings. The molecule has 0 aliphatic carbocycles. The summed E-state index contributed by atoms with van der Waals surface area (Å²) in [5.74, 6) is -0.252. The van der Waals surface area contributed by atoms with Crippen molar-refractivity contribution in [2.45, 2.75) is 12.8 Å². The SMILES string of the molecule is CN(C(=O)CNC(=O)CCc1ccccc1)c1ccccc1. The third-order valence-electron chi connectivity index (χ3n) is 3.44. The van der Waals surface area contributed by atoms with Crippen molar-refractivity contribution in [3.05, 3.63) is 66.2 Å². The number of carbonyl (C=O) groups excluding carboxylic acids is 2. The number of rotatable bonds is 6. The normalized spacial score (nSPS) is 10.0. The number of nitrogens with zero attached hydrogens (tertiary/aromatic N) is 1. The van der Waals surface area contributed by atoms with Crippen LogP contribution in [0.3, 0.4) is 0 Å². The number of anilines is 1. The number of aryl methyl sites for hydroxylation is 1. The molecular formula is C18H20N2O2. The molecule has 0 spiro atoms. The summed E-state index contributed by atoms with van der Waals surface area (Å²) in [7, 11) is 1.70. The molecule has 0 aliphatic rings. The van der Waals surface area contributed by atoms with Gasteiger partial charge in [-0.15, -0.1) is 0 Å². The van der Waals surface area contributed by atoms with E-state index in [1.165, 1.54) is 4.90 Å². The second-order valence-corrected chi connectivity index (χ2v) is 5.05. The summed E-state index contributed by atoms with van der Waals surface area (Å²) in [5, 5.41) is 2.67. The molecule has 114 valence electrons. The van der Waals surface area contributed by atoms with Crippen LogP contribution < -0.4 is 10.2 Å². The molecule has 4 heteroatoms. The van der Waals surface area contributed by atoms with Crippen LogP contribution in [-0.2, 0) is 16.0 Å². The van der Waals surface area contributed by atoms with Crippen molar-refractivity contribution >= 4 is 17.5 Å². The van der Waals surface area contributed by atoms with Gasteiger partial charge in [-0.25, -0.2) is 0 Å². The van der Waals surface area contributed by atoms with E-state index < -0.39 is 0 Å². The molecule has 0 aromatic heterocycles. The first-order valence-corrected chi connectivity index (χ1v) is 7.29. The minimum Gasteiger partial charge on any atom is -0.347 e. The van der Waals surface area contributed by atoms with Gasteiger partial charge in [-0.2, -0.15) is 0 Å². The number of hydrogen-bond acceptors (Lipinski definition) is 2. The molecule has 0 unspecified atom stereocenters. The van der Waals surface area contributed by atoms with Crippen LogP contribution in [0.2, 0.25) is 0 Å². The highest BCUT2D eigenvalue weighted by Gasteiger charge is 2.11. The number of para-hydroxylation sites is 1. The van der Waals surface area contributed by atoms with Crippen LogP contribution in [-0.4, -0.2) is 25.4 Å². The van der Waals surface area contributed by atoms with Gasteiger partial charge in [-0.3, -0.25) is 9.59 Å². The van der Waals surface area contributed by atoms with E-state index in [0.717, 1.165) is 11.3 Å². The number of carbonyl (C=O) groups is 2. The summed E-state index contributed by atoms with van der Waals surface area (Å²) in [5.41, 5.74) is 1.93. The second kappa shape index (κ2) is 7.98. The highest BCUT2D eigenvalue weighted by atomic mass is 16.2. The monoisotopic (exact) mass is 296 g/mol. The number of nitrogens with one attached hydrogen (secondary N) is 1. The highest BCUT2D eigenvalue weighted by molar-refractivity contribution is 5.96. The Balaban J connectivity index is 1.75. The fraction of sp³-hybridized carbons (Fsp3) is 0.222. The van der Waals surface area contributed by atoms with Gasteiger partial charge in [-0.05, 0) is 24.1 Å². The Bertz CT molecular complexity index is 611. The smallest absolute Gasteiger partial charge is 0.246 e. The quantitative estimate of drug-likeness (QED) is 0.890. The molecule has 4 nitrogen and oxygen atoms in total. The predicted octanol–water partition coefficient (Wildman–Crippen LogP) is 2.40. The Hall–Kier alpha value is -2.62. The van der Waals surface area contributed by atoms with Gasteiger partial charge in [0.1, 0.15) is 0 Å². The molecule has 1 N–H and O–H groups in total. The standard InChI is InChI=1S/C18H20N2O2/c1-20(16-10-6-3-7-11-16)18(22)14-19-17(21)13-12-15-8-4-2-5-9-15/h2-11H,12-14H2,1H3,(H,19,21). The van der Waals surface area contributed by atoms with Crippen molar-refractivity contribution in [1.29, 1.82) is 0 Å². The van der Waals surface area contributed by atoms with Crippen molar-refractivity contribution in [1.82, 2.24) is 5.32 Å². The molecule has 2 amide bonds. The van der Waals surface area contributed by atoms with Crippen molar-refractivity contribution in [2.24, 2.45) is 0 Å². The summed E-state index contributed by atoms with van der Waals surface area (Å²) in [6.45, 7) is 0.0129. The molecule has 0 aliphatic heterocycles. The van der Waals surface area contributed by atoms with E-state index in [4.69, 9.17) is 0 Å². The average molecular weight is 296 g/mol. The lowest BCUT2D eigenvalue weighted by Gasteiger charge is -2.17. The van der Waals surface area contributed by atoms with Crippen molar-refractivity contribution in [3.63, 3.8) is 0 Å². The molecule has 2 aromatic carbocycles. The first-order chi connectivity index (χ1) is 10.7. The highest BCUT2D eigenvalue weighted by Crippen LogP contribution is 2.10. The Morgan fingerprint density at radius 3 is 2.18 bits per heavy atom. The zero-order chi connectivity index (χ0) is 15.8. The third kappa shape index (κ3) is 4.74. The molecular weight excluding hydrogens is 276 g/mol. The van der Waals surface area contributed by atoms with E-state index in [-0.39, 0.29) is 18.4 Å². The molecule has 2 rings (SSSR count). The molecule has 0 saturated carbocycles. The van der Waals surface area contributed by atoms with E-state index in [1.54, 1.807) is 7.05 Å². The van der Waals surface area contributed by atoms with Gasteiger partial charge in [0.25, 0.3) is 0 Å². The fourth-order valence-electron chi connectivity index (χ4n) is 2.08. The topological polar surface area (TPSA) is 49.4 Å². The molecule has 0 saturated heterocycles. The summed E-state index contributed by atoms with van der Waals surface area (Å²) < 4.78 is 0. The van der Waals surface area contributed by atoms with Crippen molar-refractivity contribution < 1.29 is 9.59 Å². The van der Waals surface area contributed by atoms with Crippen LogP contribution in [0.1, 0.15) is 12.0 Å². The summed E-state index contributed by atoms with van der Waals surface area (Å²) in [6, 6.07) is 19.2. The first kappa shape index (κ1) is 15.8. The Morgan fingerprint density at radius 1 is 0.955 bits per heavy atom. The van der Waals surface area contributed by atoms with Crippen molar-refractivity contribution in [3.8, 4) is 0 Å². The maximum atomic E-state index is 12.0. The first-order valence-electron chi connectivity index (χ1n) is 7.29. The maximum absolute atomic E-state index is 12.0. The summed E-state index contributed by atoms with van der Waals surface area (Å²) in [4.78, 5) is 25.4. The Kier molecular flexibility index (Phi) is 5.72. The van der Waals surface area contributed by atoms with Gasteiger partial charge in [-0.1, -0.05) is 48.5 Å². The van der Waals surface area contributed by atoms with Crippen LogP contribution in [0, 0.1) is 0 Å². The second-order valence-electron chi connectivity index (χ2n) is 5.05. The van der Waals surface area contributed by atoms with Crippen LogP contribution in [0.5, 0.6) is 0 Å². The average Bonchev–Trinajstić information content (AvgIpc) is 2.58. The van der Waals surface area contributed by atoms with E-state index in [9.17, 15) is 9.59 Å². The molecule has 0 fully saturated rings. The third-order valence-corrected chi connectivity index (χ3v) is 3.44. The van der Waals surface area contributed by atoms with Gasteiger partial charge in [0, 0.05) is 19.2 Å². The van der Waals surface area contributed by atoms with Gasteiger partial charge in [0.15, 0.2) is 0 Å². The Labute approximate surface area is 130 Å². The number of likely N-dealkylation sites (N-methyl/N-ethyl adjacent to an activating group) is 1. The fourth-order valence-corrected chi connectivity index (χ4v) is 2.08. The van der Waals surface area contributed by atoms with E-state index >= 15 is 0 Å². The largest absolute Gasteiger partial charge is 0.347 e. The molecule has 22 heavy (non-hydrogen) atoms. The molecule has 0 radical (unpaired) electrons. The molecule has 0 bridgehead atoms. The van der Waals surface area contributed by atoms with E-state index in [2.05, 4.69) is 5.32 Å². The number of amides is 2. The molecule has 0 atom stereocenters. The predicted molar refractivity (Wildman–Crippen MR) is 87.6 cm³/mol.